The molecule has 1 aromatic carbocycles. The Kier molecular flexibility index (Phi) is 5.00. The van der Waals surface area contributed by atoms with E-state index in [1.165, 1.54) is 11.8 Å². The fourth-order valence-corrected chi connectivity index (χ4v) is 3.46. The summed E-state index contributed by atoms with van der Waals surface area (Å²) in [5.74, 6) is 0.631. The number of nitrogens with zero attached hydrogens (tertiary/aromatic N) is 4. The van der Waals surface area contributed by atoms with Crippen LogP contribution in [0.2, 0.25) is 0 Å². The number of hydrogen-bond acceptors (Lipinski definition) is 6. The second kappa shape index (κ2) is 7.36. The molecule has 2 N–H and O–H groups in total. The molecule has 126 valence electrons. The molecule has 3 aromatic rings. The Balaban J connectivity index is 1.83. The van der Waals surface area contributed by atoms with Gasteiger partial charge in [0.05, 0.1) is 18.2 Å². The summed E-state index contributed by atoms with van der Waals surface area (Å²) in [6, 6.07) is 11.6. The molecule has 0 radical (unpaired) electrons. The summed E-state index contributed by atoms with van der Waals surface area (Å²) >= 11 is 1.27. The first-order chi connectivity index (χ1) is 12.1. The molecule has 0 amide bonds. The summed E-state index contributed by atoms with van der Waals surface area (Å²) in [6.45, 7) is 2.40. The third-order valence-corrected chi connectivity index (χ3v) is 4.59. The average Bonchev–Trinajstić information content (AvgIpc) is 2.96. The molecular weight excluding hydrogens is 334 g/mol. The highest BCUT2D eigenvalue weighted by Crippen LogP contribution is 2.24. The zero-order valence-corrected chi connectivity index (χ0v) is 14.6. The highest BCUT2D eigenvalue weighted by atomic mass is 32.2. The Morgan fingerprint density at radius 2 is 2.16 bits per heavy atom. The van der Waals surface area contributed by atoms with E-state index in [0.717, 1.165) is 16.6 Å². The molecule has 0 spiro atoms. The fraction of sp³-hybridized carbons (Fsp3) is 0.222. The SMILES string of the molecule is Cc1cc(N)nc(SCC(=O)c2cn(CCC#N)c3ccccc23)n1. The first-order valence-corrected chi connectivity index (χ1v) is 8.79. The maximum Gasteiger partial charge on any atom is 0.190 e. The Morgan fingerprint density at radius 1 is 1.36 bits per heavy atom. The van der Waals surface area contributed by atoms with Crippen LogP contribution in [0.3, 0.4) is 0 Å². The Hall–Kier alpha value is -2.85. The highest BCUT2D eigenvalue weighted by Gasteiger charge is 2.16. The van der Waals surface area contributed by atoms with Gasteiger partial charge in [-0.05, 0) is 13.0 Å². The Bertz CT molecular complexity index is 953. The number of hydrogen-bond donors (Lipinski definition) is 1. The van der Waals surface area contributed by atoms with Crippen molar-refractivity contribution in [1.82, 2.24) is 14.5 Å². The number of para-hydroxylation sites is 1. The minimum atomic E-state index is 0.000542. The van der Waals surface area contributed by atoms with E-state index in [9.17, 15) is 4.79 Å². The predicted molar refractivity (Wildman–Crippen MR) is 98.4 cm³/mol. The fourth-order valence-electron chi connectivity index (χ4n) is 2.66. The van der Waals surface area contributed by atoms with Gasteiger partial charge in [-0.25, -0.2) is 9.97 Å². The Labute approximate surface area is 149 Å². The van der Waals surface area contributed by atoms with Gasteiger partial charge in [0.25, 0.3) is 0 Å². The van der Waals surface area contributed by atoms with Crippen LogP contribution in [0.25, 0.3) is 10.9 Å². The zero-order valence-electron chi connectivity index (χ0n) is 13.8. The molecule has 0 saturated heterocycles. The number of nitrogens with two attached hydrogens (primary N) is 1. The number of fused-ring (bicyclic) bond motifs is 1. The standard InChI is InChI=1S/C18H17N5OS/c1-12-9-17(20)22-18(21-12)25-11-16(24)14-10-23(8-4-7-19)15-6-3-2-5-13(14)15/h2-3,5-6,9-10H,4,8,11H2,1H3,(H2,20,21,22). The summed E-state index contributed by atoms with van der Waals surface area (Å²) in [5.41, 5.74) is 8.11. The molecule has 0 atom stereocenters. The topological polar surface area (TPSA) is 97.6 Å². The number of ketones is 1. The van der Waals surface area contributed by atoms with Crippen molar-refractivity contribution in [2.75, 3.05) is 11.5 Å². The van der Waals surface area contributed by atoms with E-state index in [1.54, 1.807) is 6.07 Å². The van der Waals surface area contributed by atoms with Gasteiger partial charge in [0, 0.05) is 41.0 Å². The van der Waals surface area contributed by atoms with E-state index in [1.807, 2.05) is 42.0 Å². The molecule has 7 heteroatoms. The molecule has 3 rings (SSSR count). The van der Waals surface area contributed by atoms with Crippen molar-refractivity contribution in [2.45, 2.75) is 25.0 Å². The molecule has 2 aromatic heterocycles. The van der Waals surface area contributed by atoms with E-state index in [2.05, 4.69) is 16.0 Å². The number of carbonyl (C=O) groups is 1. The van der Waals surface area contributed by atoms with Crippen molar-refractivity contribution in [2.24, 2.45) is 0 Å². The average molecular weight is 351 g/mol. The lowest BCUT2D eigenvalue weighted by Crippen LogP contribution is -2.04. The summed E-state index contributed by atoms with van der Waals surface area (Å²) in [4.78, 5) is 21.1. The van der Waals surface area contributed by atoms with Gasteiger partial charge in [-0.1, -0.05) is 30.0 Å². The van der Waals surface area contributed by atoms with Gasteiger partial charge >= 0.3 is 0 Å². The second-order valence-electron chi connectivity index (χ2n) is 5.59. The summed E-state index contributed by atoms with van der Waals surface area (Å²) in [6.07, 6.45) is 2.23. The van der Waals surface area contributed by atoms with Crippen LogP contribution in [-0.4, -0.2) is 26.1 Å². The van der Waals surface area contributed by atoms with E-state index in [0.29, 0.717) is 29.5 Å². The number of anilines is 1. The van der Waals surface area contributed by atoms with E-state index >= 15 is 0 Å². The second-order valence-corrected chi connectivity index (χ2v) is 6.53. The van der Waals surface area contributed by atoms with Crippen LogP contribution in [0, 0.1) is 18.3 Å². The molecule has 0 aliphatic carbocycles. The van der Waals surface area contributed by atoms with Crippen LogP contribution < -0.4 is 5.73 Å². The van der Waals surface area contributed by atoms with Crippen LogP contribution in [-0.2, 0) is 6.54 Å². The van der Waals surface area contributed by atoms with Crippen molar-refractivity contribution < 1.29 is 4.79 Å². The van der Waals surface area contributed by atoms with Crippen LogP contribution in [0.5, 0.6) is 0 Å². The molecule has 0 aliphatic rings. The zero-order chi connectivity index (χ0) is 17.8. The number of nitrogen functional groups attached to an aromatic ring is 1. The van der Waals surface area contributed by atoms with Crippen LogP contribution >= 0.6 is 11.8 Å². The third kappa shape index (κ3) is 3.80. The molecular formula is C18H17N5OS. The van der Waals surface area contributed by atoms with Gasteiger partial charge in [0.2, 0.25) is 0 Å². The first kappa shape index (κ1) is 17.0. The smallest absolute Gasteiger partial charge is 0.190 e. The number of nitriles is 1. The van der Waals surface area contributed by atoms with Gasteiger partial charge in [-0.3, -0.25) is 4.79 Å². The summed E-state index contributed by atoms with van der Waals surface area (Å²) in [5, 5.41) is 10.2. The molecule has 0 unspecified atom stereocenters. The van der Waals surface area contributed by atoms with Crippen molar-refractivity contribution in [3.8, 4) is 6.07 Å². The molecule has 0 saturated carbocycles. The number of rotatable bonds is 6. The number of thioether (sulfide) groups is 1. The summed E-state index contributed by atoms with van der Waals surface area (Å²) < 4.78 is 1.96. The monoisotopic (exact) mass is 351 g/mol. The summed E-state index contributed by atoms with van der Waals surface area (Å²) in [7, 11) is 0. The number of carbonyl (C=O) groups excluding carboxylic acids is 1. The molecule has 2 heterocycles. The normalized spacial score (nSPS) is 10.7. The van der Waals surface area contributed by atoms with E-state index in [4.69, 9.17) is 11.0 Å². The third-order valence-electron chi connectivity index (χ3n) is 3.74. The largest absolute Gasteiger partial charge is 0.384 e. The van der Waals surface area contributed by atoms with Gasteiger partial charge in [0.1, 0.15) is 5.82 Å². The number of benzene rings is 1. The van der Waals surface area contributed by atoms with Crippen LogP contribution in [0.1, 0.15) is 22.5 Å². The molecule has 6 nitrogen and oxygen atoms in total. The van der Waals surface area contributed by atoms with Crippen molar-refractivity contribution >= 4 is 34.3 Å². The number of aromatic nitrogens is 3. The van der Waals surface area contributed by atoms with Crippen molar-refractivity contribution in [3.05, 3.63) is 47.8 Å². The van der Waals surface area contributed by atoms with Crippen molar-refractivity contribution in [3.63, 3.8) is 0 Å². The first-order valence-electron chi connectivity index (χ1n) is 7.80. The predicted octanol–water partition coefficient (Wildman–Crippen LogP) is 3.21. The lowest BCUT2D eigenvalue weighted by Gasteiger charge is -2.02. The Morgan fingerprint density at radius 3 is 2.92 bits per heavy atom. The van der Waals surface area contributed by atoms with Crippen molar-refractivity contribution in [1.29, 1.82) is 5.26 Å². The number of Topliss-reactive ketones (excluding diaryl/α,β-unsaturated/α-hetero) is 1. The minimum absolute atomic E-state index is 0.000542. The quantitative estimate of drug-likeness (QED) is 0.416. The van der Waals surface area contributed by atoms with Gasteiger partial charge in [0.15, 0.2) is 10.9 Å². The molecule has 0 bridgehead atoms. The van der Waals surface area contributed by atoms with Crippen LogP contribution in [0.4, 0.5) is 5.82 Å². The minimum Gasteiger partial charge on any atom is -0.384 e. The van der Waals surface area contributed by atoms with Gasteiger partial charge in [-0.2, -0.15) is 5.26 Å². The lowest BCUT2D eigenvalue weighted by atomic mass is 10.1. The lowest BCUT2D eigenvalue weighted by molar-refractivity contribution is 0.102. The van der Waals surface area contributed by atoms with Gasteiger partial charge < -0.3 is 10.3 Å². The molecule has 0 fully saturated rings. The van der Waals surface area contributed by atoms with Crippen LogP contribution in [0.15, 0.2) is 41.7 Å². The molecule has 25 heavy (non-hydrogen) atoms. The maximum absolute atomic E-state index is 12.7. The van der Waals surface area contributed by atoms with E-state index < -0.39 is 0 Å². The highest BCUT2D eigenvalue weighted by molar-refractivity contribution is 7.99. The maximum atomic E-state index is 12.7. The molecule has 0 aliphatic heterocycles. The van der Waals surface area contributed by atoms with Gasteiger partial charge in [-0.15, -0.1) is 0 Å². The number of aryl methyl sites for hydroxylation is 2. The van der Waals surface area contributed by atoms with E-state index in [-0.39, 0.29) is 11.5 Å².